The SMILES string of the molecule is CC(c1cccs1)N(C)C(=N)N=C(N)N. The maximum atomic E-state index is 7.64. The van der Waals surface area contributed by atoms with Crippen molar-refractivity contribution < 1.29 is 0 Å². The van der Waals surface area contributed by atoms with E-state index < -0.39 is 0 Å². The fourth-order valence-corrected chi connectivity index (χ4v) is 1.93. The second-order valence-electron chi connectivity index (χ2n) is 3.16. The summed E-state index contributed by atoms with van der Waals surface area (Å²) in [5, 5.41) is 9.64. The van der Waals surface area contributed by atoms with Crippen LogP contribution in [0.15, 0.2) is 22.5 Å². The molecule has 15 heavy (non-hydrogen) atoms. The number of nitrogens with two attached hydrogens (primary N) is 2. The van der Waals surface area contributed by atoms with E-state index in [2.05, 4.69) is 4.99 Å². The molecule has 0 radical (unpaired) electrons. The van der Waals surface area contributed by atoms with Crippen LogP contribution in [0.2, 0.25) is 0 Å². The summed E-state index contributed by atoms with van der Waals surface area (Å²) in [5.41, 5.74) is 10.4. The fourth-order valence-electron chi connectivity index (χ4n) is 1.10. The molecule has 1 rings (SSSR count). The Labute approximate surface area is 92.9 Å². The molecular weight excluding hydrogens is 210 g/mol. The van der Waals surface area contributed by atoms with Crippen LogP contribution in [0.1, 0.15) is 17.8 Å². The Bertz CT molecular complexity index is 353. The maximum Gasteiger partial charge on any atom is 0.221 e. The molecule has 82 valence electrons. The molecule has 0 aliphatic carbocycles. The molecule has 0 aliphatic rings. The summed E-state index contributed by atoms with van der Waals surface area (Å²) in [6.07, 6.45) is 0. The van der Waals surface area contributed by atoms with E-state index in [0.29, 0.717) is 0 Å². The Hall–Kier alpha value is -1.56. The molecule has 6 heteroatoms. The first-order valence-electron chi connectivity index (χ1n) is 4.46. The van der Waals surface area contributed by atoms with Crippen LogP contribution in [-0.4, -0.2) is 23.9 Å². The van der Waals surface area contributed by atoms with Gasteiger partial charge in [-0.05, 0) is 18.4 Å². The highest BCUT2D eigenvalue weighted by molar-refractivity contribution is 7.10. The van der Waals surface area contributed by atoms with Crippen molar-refractivity contribution in [2.45, 2.75) is 13.0 Å². The highest BCUT2D eigenvalue weighted by Crippen LogP contribution is 2.23. The summed E-state index contributed by atoms with van der Waals surface area (Å²) in [5.74, 6) is -0.0267. The van der Waals surface area contributed by atoms with Crippen LogP contribution in [0, 0.1) is 5.41 Å². The quantitative estimate of drug-likeness (QED) is 0.517. The number of hydrogen-bond donors (Lipinski definition) is 3. The van der Waals surface area contributed by atoms with Crippen LogP contribution >= 0.6 is 11.3 Å². The van der Waals surface area contributed by atoms with Crippen LogP contribution < -0.4 is 11.5 Å². The normalized spacial score (nSPS) is 11.9. The van der Waals surface area contributed by atoms with Crippen molar-refractivity contribution in [3.05, 3.63) is 22.4 Å². The van der Waals surface area contributed by atoms with Crippen molar-refractivity contribution in [3.8, 4) is 0 Å². The summed E-state index contributed by atoms with van der Waals surface area (Å²) >= 11 is 1.65. The van der Waals surface area contributed by atoms with Crippen molar-refractivity contribution in [1.29, 1.82) is 5.41 Å². The van der Waals surface area contributed by atoms with Crippen LogP contribution in [0.4, 0.5) is 0 Å². The van der Waals surface area contributed by atoms with Gasteiger partial charge in [-0.2, -0.15) is 4.99 Å². The average Bonchev–Trinajstić information content (AvgIpc) is 2.67. The largest absolute Gasteiger partial charge is 0.370 e. The molecule has 0 aliphatic heterocycles. The highest BCUT2D eigenvalue weighted by atomic mass is 32.1. The molecule has 0 aromatic carbocycles. The van der Waals surface area contributed by atoms with Gasteiger partial charge in [0.15, 0.2) is 5.96 Å². The third-order valence-corrected chi connectivity index (χ3v) is 3.15. The van der Waals surface area contributed by atoms with Crippen LogP contribution in [0.5, 0.6) is 0 Å². The van der Waals surface area contributed by atoms with Crippen LogP contribution in [0.25, 0.3) is 0 Å². The molecule has 0 spiro atoms. The summed E-state index contributed by atoms with van der Waals surface area (Å²) in [4.78, 5) is 6.58. The summed E-state index contributed by atoms with van der Waals surface area (Å²) in [6.45, 7) is 2.00. The van der Waals surface area contributed by atoms with Crippen LogP contribution in [0.3, 0.4) is 0 Å². The number of nitrogens with zero attached hydrogens (tertiary/aromatic N) is 2. The number of aliphatic imine (C=N–C) groups is 1. The first-order valence-corrected chi connectivity index (χ1v) is 5.34. The van der Waals surface area contributed by atoms with E-state index >= 15 is 0 Å². The molecule has 1 atom stereocenters. The minimum absolute atomic E-state index is 0.0656. The van der Waals surface area contributed by atoms with Gasteiger partial charge >= 0.3 is 0 Å². The number of nitrogens with one attached hydrogen (secondary N) is 1. The average molecular weight is 225 g/mol. The molecule has 0 fully saturated rings. The van der Waals surface area contributed by atoms with E-state index in [-0.39, 0.29) is 18.0 Å². The monoisotopic (exact) mass is 225 g/mol. The Morgan fingerprint density at radius 2 is 2.27 bits per heavy atom. The van der Waals surface area contributed by atoms with Crippen molar-refractivity contribution in [1.82, 2.24) is 4.90 Å². The number of rotatable bonds is 2. The molecule has 5 N–H and O–H groups in total. The first-order chi connectivity index (χ1) is 7.02. The summed E-state index contributed by atoms with van der Waals surface area (Å²) < 4.78 is 0. The van der Waals surface area contributed by atoms with Gasteiger partial charge in [0.2, 0.25) is 5.96 Å². The molecule has 1 unspecified atom stereocenters. The minimum Gasteiger partial charge on any atom is -0.370 e. The van der Waals surface area contributed by atoms with Gasteiger partial charge in [-0.25, -0.2) is 0 Å². The molecule has 1 heterocycles. The third-order valence-electron chi connectivity index (χ3n) is 2.10. The zero-order valence-electron chi connectivity index (χ0n) is 8.77. The van der Waals surface area contributed by atoms with Gasteiger partial charge < -0.3 is 16.4 Å². The van der Waals surface area contributed by atoms with E-state index in [4.69, 9.17) is 16.9 Å². The van der Waals surface area contributed by atoms with Gasteiger partial charge in [-0.15, -0.1) is 11.3 Å². The number of thiophene rings is 1. The minimum atomic E-state index is -0.0924. The lowest BCUT2D eigenvalue weighted by atomic mass is 10.2. The predicted octanol–water partition coefficient (Wildman–Crippen LogP) is 0.949. The smallest absolute Gasteiger partial charge is 0.221 e. The molecule has 1 aromatic rings. The predicted molar refractivity (Wildman–Crippen MR) is 64.0 cm³/mol. The Morgan fingerprint density at radius 3 is 2.73 bits per heavy atom. The Kier molecular flexibility index (Phi) is 3.68. The van der Waals surface area contributed by atoms with E-state index in [9.17, 15) is 0 Å². The molecule has 0 bridgehead atoms. The molecule has 0 amide bonds. The lowest BCUT2D eigenvalue weighted by Crippen LogP contribution is -2.32. The lowest BCUT2D eigenvalue weighted by Gasteiger charge is -2.23. The standard InChI is InChI=1S/C9H15N5S/c1-6(7-4-3-5-15-7)14(2)9(12)13-8(10)11/h3-6H,1-2H3,(H5,10,11,12,13). The summed E-state index contributed by atoms with van der Waals surface area (Å²) in [7, 11) is 1.79. The van der Waals surface area contributed by atoms with Gasteiger partial charge in [0.1, 0.15) is 0 Å². The lowest BCUT2D eigenvalue weighted by molar-refractivity contribution is 0.401. The van der Waals surface area contributed by atoms with E-state index in [1.165, 1.54) is 4.88 Å². The third kappa shape index (κ3) is 2.95. The molecule has 5 nitrogen and oxygen atoms in total. The first kappa shape index (κ1) is 11.5. The highest BCUT2D eigenvalue weighted by Gasteiger charge is 2.14. The van der Waals surface area contributed by atoms with Gasteiger partial charge in [-0.3, -0.25) is 5.41 Å². The van der Waals surface area contributed by atoms with E-state index in [0.717, 1.165) is 0 Å². The Balaban J connectivity index is 2.73. The summed E-state index contributed by atoms with van der Waals surface area (Å²) in [6, 6.07) is 4.10. The fraction of sp³-hybridized carbons (Fsp3) is 0.333. The van der Waals surface area contributed by atoms with Crippen molar-refractivity contribution in [2.24, 2.45) is 16.5 Å². The molecule has 0 saturated heterocycles. The van der Waals surface area contributed by atoms with Crippen molar-refractivity contribution in [3.63, 3.8) is 0 Å². The molecule has 0 saturated carbocycles. The van der Waals surface area contributed by atoms with Crippen LogP contribution in [-0.2, 0) is 0 Å². The molecule has 1 aromatic heterocycles. The van der Waals surface area contributed by atoms with E-state index in [1.54, 1.807) is 23.3 Å². The van der Waals surface area contributed by atoms with Gasteiger partial charge in [0, 0.05) is 11.9 Å². The second-order valence-corrected chi connectivity index (χ2v) is 4.14. The van der Waals surface area contributed by atoms with Gasteiger partial charge in [0.05, 0.1) is 6.04 Å². The topological polar surface area (TPSA) is 91.5 Å². The number of hydrogen-bond acceptors (Lipinski definition) is 2. The van der Waals surface area contributed by atoms with Gasteiger partial charge in [0.25, 0.3) is 0 Å². The molecular formula is C9H15N5S. The zero-order valence-corrected chi connectivity index (χ0v) is 9.58. The van der Waals surface area contributed by atoms with Crippen molar-refractivity contribution >= 4 is 23.3 Å². The van der Waals surface area contributed by atoms with E-state index in [1.807, 2.05) is 24.4 Å². The Morgan fingerprint density at radius 1 is 1.60 bits per heavy atom. The van der Waals surface area contributed by atoms with Crippen molar-refractivity contribution in [2.75, 3.05) is 7.05 Å². The zero-order chi connectivity index (χ0) is 11.4. The number of guanidine groups is 2. The van der Waals surface area contributed by atoms with Gasteiger partial charge in [-0.1, -0.05) is 6.07 Å². The maximum absolute atomic E-state index is 7.64. The second kappa shape index (κ2) is 4.79.